The van der Waals surface area contributed by atoms with Crippen LogP contribution in [0.3, 0.4) is 0 Å². The first kappa shape index (κ1) is 12.7. The number of nitrogens with one attached hydrogen (secondary N) is 1. The Morgan fingerprint density at radius 2 is 2.22 bits per heavy atom. The smallest absolute Gasteiger partial charge is 0.335 e. The van der Waals surface area contributed by atoms with Crippen LogP contribution in [0, 0.1) is 6.92 Å². The van der Waals surface area contributed by atoms with E-state index >= 15 is 0 Å². The lowest BCUT2D eigenvalue weighted by atomic mass is 10.1. The molecule has 94 valence electrons. The van der Waals surface area contributed by atoms with Gasteiger partial charge in [0, 0.05) is 5.69 Å². The summed E-state index contributed by atoms with van der Waals surface area (Å²) in [7, 11) is 0. The molecule has 0 atom stereocenters. The van der Waals surface area contributed by atoms with Crippen LogP contribution in [0.2, 0.25) is 0 Å². The zero-order chi connectivity index (χ0) is 13.1. The number of hydrogen-bond donors (Lipinski definition) is 2. The summed E-state index contributed by atoms with van der Waals surface area (Å²) in [6, 6.07) is 6.81. The predicted octanol–water partition coefficient (Wildman–Crippen LogP) is 3.66. The Labute approximate surface area is 113 Å². The molecule has 0 radical (unpaired) electrons. The molecule has 0 spiro atoms. The SMILES string of the molecule is Cc1ccc(C(=O)O)cc1NCc1occc1Br. The van der Waals surface area contributed by atoms with Crippen molar-refractivity contribution in [1.82, 2.24) is 0 Å². The molecule has 5 heteroatoms. The number of carboxylic acid groups (broad SMARTS) is 1. The van der Waals surface area contributed by atoms with Gasteiger partial charge in [0.1, 0.15) is 5.76 Å². The highest BCUT2D eigenvalue weighted by molar-refractivity contribution is 9.10. The molecule has 0 bridgehead atoms. The van der Waals surface area contributed by atoms with E-state index in [1.165, 1.54) is 0 Å². The first-order valence-electron chi connectivity index (χ1n) is 5.37. The van der Waals surface area contributed by atoms with E-state index in [9.17, 15) is 4.79 Å². The van der Waals surface area contributed by atoms with Crippen molar-refractivity contribution in [2.24, 2.45) is 0 Å². The molecule has 2 N–H and O–H groups in total. The van der Waals surface area contributed by atoms with Gasteiger partial charge in [-0.2, -0.15) is 0 Å². The van der Waals surface area contributed by atoms with Crippen molar-refractivity contribution in [3.63, 3.8) is 0 Å². The third-order valence-electron chi connectivity index (χ3n) is 2.61. The van der Waals surface area contributed by atoms with E-state index in [4.69, 9.17) is 9.52 Å². The van der Waals surface area contributed by atoms with Crippen LogP contribution >= 0.6 is 15.9 Å². The fourth-order valence-electron chi connectivity index (χ4n) is 1.57. The van der Waals surface area contributed by atoms with E-state index in [1.807, 2.05) is 13.0 Å². The van der Waals surface area contributed by atoms with Crippen LogP contribution in [0.15, 0.2) is 39.4 Å². The van der Waals surface area contributed by atoms with Gasteiger partial charge in [-0.1, -0.05) is 6.07 Å². The molecule has 0 aliphatic rings. The largest absolute Gasteiger partial charge is 0.478 e. The van der Waals surface area contributed by atoms with Crippen molar-refractivity contribution in [3.8, 4) is 0 Å². The molecule has 2 aromatic rings. The Hall–Kier alpha value is -1.75. The highest BCUT2D eigenvalue weighted by Crippen LogP contribution is 2.21. The van der Waals surface area contributed by atoms with Gasteiger partial charge in [-0.05, 0) is 46.6 Å². The topological polar surface area (TPSA) is 62.5 Å². The molecule has 0 fully saturated rings. The average Bonchev–Trinajstić information content (AvgIpc) is 2.73. The second kappa shape index (κ2) is 5.27. The van der Waals surface area contributed by atoms with Crippen LogP contribution in [-0.4, -0.2) is 11.1 Å². The van der Waals surface area contributed by atoms with Gasteiger partial charge in [-0.25, -0.2) is 4.79 Å². The maximum atomic E-state index is 10.9. The molecule has 0 unspecified atom stereocenters. The highest BCUT2D eigenvalue weighted by atomic mass is 79.9. The van der Waals surface area contributed by atoms with E-state index in [2.05, 4.69) is 21.2 Å². The van der Waals surface area contributed by atoms with Gasteiger partial charge in [0.15, 0.2) is 0 Å². The van der Waals surface area contributed by atoms with Gasteiger partial charge < -0.3 is 14.8 Å². The van der Waals surface area contributed by atoms with Gasteiger partial charge in [-0.15, -0.1) is 0 Å². The maximum Gasteiger partial charge on any atom is 0.335 e. The molecule has 1 aromatic heterocycles. The van der Waals surface area contributed by atoms with E-state index in [1.54, 1.807) is 24.5 Å². The molecule has 0 saturated heterocycles. The number of furan rings is 1. The highest BCUT2D eigenvalue weighted by Gasteiger charge is 2.08. The van der Waals surface area contributed by atoms with E-state index in [0.29, 0.717) is 6.54 Å². The Morgan fingerprint density at radius 1 is 1.44 bits per heavy atom. The van der Waals surface area contributed by atoms with Gasteiger partial charge in [0.25, 0.3) is 0 Å². The lowest BCUT2D eigenvalue weighted by Crippen LogP contribution is -2.03. The van der Waals surface area contributed by atoms with E-state index in [0.717, 1.165) is 21.5 Å². The zero-order valence-electron chi connectivity index (χ0n) is 9.74. The van der Waals surface area contributed by atoms with Gasteiger partial charge in [0.2, 0.25) is 0 Å². The molecule has 1 heterocycles. The van der Waals surface area contributed by atoms with Crippen molar-refractivity contribution in [1.29, 1.82) is 0 Å². The Bertz CT molecular complexity index is 577. The van der Waals surface area contributed by atoms with Crippen LogP contribution in [-0.2, 0) is 6.54 Å². The van der Waals surface area contributed by atoms with Crippen LogP contribution < -0.4 is 5.32 Å². The number of carbonyl (C=O) groups is 1. The molecule has 0 amide bonds. The standard InChI is InChI=1S/C13H12BrNO3/c1-8-2-3-9(13(16)17)6-11(8)15-7-12-10(14)4-5-18-12/h2-6,15H,7H2,1H3,(H,16,17). The Balaban J connectivity index is 2.16. The normalized spacial score (nSPS) is 10.3. The number of hydrogen-bond acceptors (Lipinski definition) is 3. The summed E-state index contributed by atoms with van der Waals surface area (Å²) in [5, 5.41) is 12.1. The van der Waals surface area contributed by atoms with Gasteiger partial charge >= 0.3 is 5.97 Å². The first-order chi connectivity index (χ1) is 8.58. The monoisotopic (exact) mass is 309 g/mol. The van der Waals surface area contributed by atoms with Crippen LogP contribution in [0.1, 0.15) is 21.7 Å². The van der Waals surface area contributed by atoms with Crippen molar-refractivity contribution < 1.29 is 14.3 Å². The molecule has 0 aliphatic carbocycles. The van der Waals surface area contributed by atoms with Crippen molar-refractivity contribution in [3.05, 3.63) is 51.9 Å². The molecule has 18 heavy (non-hydrogen) atoms. The fraction of sp³-hybridized carbons (Fsp3) is 0.154. The third-order valence-corrected chi connectivity index (χ3v) is 3.32. The molecular weight excluding hydrogens is 298 g/mol. The van der Waals surface area contributed by atoms with E-state index in [-0.39, 0.29) is 5.56 Å². The number of aromatic carboxylic acids is 1. The summed E-state index contributed by atoms with van der Waals surface area (Å²) >= 11 is 3.37. The number of anilines is 1. The molecule has 1 aromatic carbocycles. The van der Waals surface area contributed by atoms with Crippen LogP contribution in [0.5, 0.6) is 0 Å². The Morgan fingerprint density at radius 3 is 2.83 bits per heavy atom. The average molecular weight is 310 g/mol. The van der Waals surface area contributed by atoms with Crippen LogP contribution in [0.25, 0.3) is 0 Å². The number of aryl methyl sites for hydroxylation is 1. The third kappa shape index (κ3) is 2.73. The molecule has 2 rings (SSSR count). The summed E-state index contributed by atoms with van der Waals surface area (Å²) in [6.07, 6.45) is 1.60. The second-order valence-electron chi connectivity index (χ2n) is 3.88. The zero-order valence-corrected chi connectivity index (χ0v) is 11.3. The van der Waals surface area contributed by atoms with E-state index < -0.39 is 5.97 Å². The fourth-order valence-corrected chi connectivity index (χ4v) is 1.91. The summed E-state index contributed by atoms with van der Waals surface area (Å²) < 4.78 is 6.17. The predicted molar refractivity (Wildman–Crippen MR) is 71.9 cm³/mol. The van der Waals surface area contributed by atoms with Crippen LogP contribution in [0.4, 0.5) is 5.69 Å². The summed E-state index contributed by atoms with van der Waals surface area (Å²) in [4.78, 5) is 10.9. The van der Waals surface area contributed by atoms with Gasteiger partial charge in [-0.3, -0.25) is 0 Å². The first-order valence-corrected chi connectivity index (χ1v) is 6.17. The number of rotatable bonds is 4. The number of halogens is 1. The quantitative estimate of drug-likeness (QED) is 0.904. The molecule has 4 nitrogen and oxygen atoms in total. The van der Waals surface area contributed by atoms with Crippen molar-refractivity contribution in [2.45, 2.75) is 13.5 Å². The maximum absolute atomic E-state index is 10.9. The molecule has 0 saturated carbocycles. The lowest BCUT2D eigenvalue weighted by Gasteiger charge is -2.09. The summed E-state index contributed by atoms with van der Waals surface area (Å²) in [5.41, 5.74) is 2.04. The second-order valence-corrected chi connectivity index (χ2v) is 4.73. The minimum Gasteiger partial charge on any atom is -0.478 e. The van der Waals surface area contributed by atoms with Crippen molar-refractivity contribution >= 4 is 27.6 Å². The lowest BCUT2D eigenvalue weighted by molar-refractivity contribution is 0.0697. The number of carboxylic acids is 1. The number of benzene rings is 1. The van der Waals surface area contributed by atoms with Gasteiger partial charge in [0.05, 0.1) is 22.8 Å². The minimum absolute atomic E-state index is 0.265. The molecule has 0 aliphatic heterocycles. The molecular formula is C13H12BrNO3. The Kier molecular flexibility index (Phi) is 3.72. The summed E-state index contributed by atoms with van der Waals surface area (Å²) in [6.45, 7) is 2.42. The summed E-state index contributed by atoms with van der Waals surface area (Å²) in [5.74, 6) is -0.160. The van der Waals surface area contributed by atoms with Crippen molar-refractivity contribution in [2.75, 3.05) is 5.32 Å². The minimum atomic E-state index is -0.933.